The topological polar surface area (TPSA) is 45.2 Å². The smallest absolute Gasteiger partial charge is 0.230 e. The largest absolute Gasteiger partial charge is 0.304 e. The average molecular weight is 386 g/mol. The SMILES string of the molecule is CC(=O)N(c1ccccc1)c1nc(CN[C@H](C)c2ccccc2Cl)cs1. The number of nitrogens with one attached hydrogen (secondary N) is 1. The van der Waals surface area contributed by atoms with Gasteiger partial charge in [0.15, 0.2) is 5.13 Å². The molecule has 0 fully saturated rings. The summed E-state index contributed by atoms with van der Waals surface area (Å²) in [6.45, 7) is 4.22. The summed E-state index contributed by atoms with van der Waals surface area (Å²) >= 11 is 7.71. The van der Waals surface area contributed by atoms with Crippen molar-refractivity contribution in [1.82, 2.24) is 10.3 Å². The van der Waals surface area contributed by atoms with Crippen LogP contribution in [0.3, 0.4) is 0 Å². The lowest BCUT2D eigenvalue weighted by Crippen LogP contribution is -2.23. The summed E-state index contributed by atoms with van der Waals surface area (Å²) in [5, 5.41) is 6.83. The number of hydrogen-bond acceptors (Lipinski definition) is 4. The maximum atomic E-state index is 12.1. The van der Waals surface area contributed by atoms with Crippen molar-refractivity contribution in [3.05, 3.63) is 76.3 Å². The van der Waals surface area contributed by atoms with Gasteiger partial charge in [0.2, 0.25) is 5.91 Å². The highest BCUT2D eigenvalue weighted by atomic mass is 35.5. The molecule has 6 heteroatoms. The summed E-state index contributed by atoms with van der Waals surface area (Å²) in [7, 11) is 0. The van der Waals surface area contributed by atoms with E-state index in [9.17, 15) is 4.79 Å². The van der Waals surface area contributed by atoms with Crippen molar-refractivity contribution in [2.24, 2.45) is 0 Å². The maximum absolute atomic E-state index is 12.1. The number of anilines is 2. The molecule has 0 aliphatic rings. The molecule has 0 bridgehead atoms. The molecular formula is C20H20ClN3OS. The number of aromatic nitrogens is 1. The summed E-state index contributed by atoms with van der Waals surface area (Å²) < 4.78 is 0. The molecule has 3 rings (SSSR count). The molecule has 0 saturated heterocycles. The van der Waals surface area contributed by atoms with Gasteiger partial charge in [-0.25, -0.2) is 4.98 Å². The van der Waals surface area contributed by atoms with E-state index in [1.807, 2.05) is 60.0 Å². The second-order valence-electron chi connectivity index (χ2n) is 5.94. The first-order chi connectivity index (χ1) is 12.6. The number of hydrogen-bond donors (Lipinski definition) is 1. The highest BCUT2D eigenvalue weighted by Gasteiger charge is 2.18. The van der Waals surface area contributed by atoms with Crippen LogP contribution in [-0.2, 0) is 11.3 Å². The average Bonchev–Trinajstić information content (AvgIpc) is 3.09. The summed E-state index contributed by atoms with van der Waals surface area (Å²) in [5.74, 6) is -0.0607. The zero-order valence-electron chi connectivity index (χ0n) is 14.6. The maximum Gasteiger partial charge on any atom is 0.230 e. The highest BCUT2D eigenvalue weighted by Crippen LogP contribution is 2.29. The van der Waals surface area contributed by atoms with E-state index in [0.717, 1.165) is 22.0 Å². The van der Waals surface area contributed by atoms with Crippen LogP contribution in [-0.4, -0.2) is 10.9 Å². The highest BCUT2D eigenvalue weighted by molar-refractivity contribution is 7.14. The summed E-state index contributed by atoms with van der Waals surface area (Å²) in [5.41, 5.74) is 2.77. The number of nitrogens with zero attached hydrogens (tertiary/aromatic N) is 2. The van der Waals surface area contributed by atoms with E-state index in [2.05, 4.69) is 17.2 Å². The van der Waals surface area contributed by atoms with Crippen LogP contribution in [0, 0.1) is 0 Å². The minimum Gasteiger partial charge on any atom is -0.304 e. The van der Waals surface area contributed by atoms with Crippen molar-refractivity contribution in [3.63, 3.8) is 0 Å². The van der Waals surface area contributed by atoms with Gasteiger partial charge in [0, 0.05) is 29.9 Å². The van der Waals surface area contributed by atoms with Crippen molar-refractivity contribution in [3.8, 4) is 0 Å². The van der Waals surface area contributed by atoms with Gasteiger partial charge in [-0.1, -0.05) is 48.0 Å². The summed E-state index contributed by atoms with van der Waals surface area (Å²) in [6, 6.07) is 17.5. The molecule has 1 aromatic heterocycles. The van der Waals surface area contributed by atoms with Crippen molar-refractivity contribution in [1.29, 1.82) is 0 Å². The van der Waals surface area contributed by atoms with Crippen molar-refractivity contribution in [2.45, 2.75) is 26.4 Å². The third-order valence-corrected chi connectivity index (χ3v) is 5.24. The monoisotopic (exact) mass is 385 g/mol. The molecule has 0 spiro atoms. The molecule has 134 valence electrons. The molecule has 0 aliphatic heterocycles. The summed E-state index contributed by atoms with van der Waals surface area (Å²) in [6.07, 6.45) is 0. The third kappa shape index (κ3) is 4.30. The lowest BCUT2D eigenvalue weighted by molar-refractivity contribution is -0.115. The Kier molecular flexibility index (Phi) is 6.04. The molecule has 0 saturated carbocycles. The van der Waals surface area contributed by atoms with Gasteiger partial charge in [0.05, 0.1) is 11.4 Å². The molecule has 0 aliphatic carbocycles. The molecule has 1 N–H and O–H groups in total. The molecule has 1 amide bonds. The van der Waals surface area contributed by atoms with E-state index in [1.165, 1.54) is 11.3 Å². The fourth-order valence-electron chi connectivity index (χ4n) is 2.68. The molecule has 0 radical (unpaired) electrons. The Bertz CT molecular complexity index is 882. The van der Waals surface area contributed by atoms with Crippen LogP contribution >= 0.6 is 22.9 Å². The number of carbonyl (C=O) groups is 1. The number of benzene rings is 2. The normalized spacial score (nSPS) is 12.0. The molecular weight excluding hydrogens is 366 g/mol. The van der Waals surface area contributed by atoms with Gasteiger partial charge in [0.1, 0.15) is 0 Å². The van der Waals surface area contributed by atoms with E-state index < -0.39 is 0 Å². The molecule has 2 aromatic carbocycles. The second-order valence-corrected chi connectivity index (χ2v) is 7.18. The fraction of sp³-hybridized carbons (Fsp3) is 0.200. The van der Waals surface area contributed by atoms with E-state index in [-0.39, 0.29) is 11.9 Å². The second kappa shape index (κ2) is 8.45. The van der Waals surface area contributed by atoms with Gasteiger partial charge in [-0.05, 0) is 30.7 Å². The number of amides is 1. The van der Waals surface area contributed by atoms with Gasteiger partial charge in [-0.15, -0.1) is 11.3 Å². The minimum absolute atomic E-state index is 0.0607. The van der Waals surface area contributed by atoms with Gasteiger partial charge in [-0.2, -0.15) is 0 Å². The van der Waals surface area contributed by atoms with Gasteiger partial charge in [-0.3, -0.25) is 9.69 Å². The zero-order chi connectivity index (χ0) is 18.5. The lowest BCUT2D eigenvalue weighted by Gasteiger charge is -2.18. The molecule has 1 heterocycles. The fourth-order valence-corrected chi connectivity index (χ4v) is 3.86. The van der Waals surface area contributed by atoms with Crippen LogP contribution in [0.15, 0.2) is 60.0 Å². The third-order valence-electron chi connectivity index (χ3n) is 4.02. The number of carbonyl (C=O) groups excluding carboxylic acids is 1. The van der Waals surface area contributed by atoms with E-state index in [0.29, 0.717) is 11.7 Å². The lowest BCUT2D eigenvalue weighted by atomic mass is 10.1. The van der Waals surface area contributed by atoms with Gasteiger partial charge >= 0.3 is 0 Å². The Balaban J connectivity index is 1.71. The zero-order valence-corrected chi connectivity index (χ0v) is 16.2. The molecule has 3 aromatic rings. The van der Waals surface area contributed by atoms with Crippen molar-refractivity contribution < 1.29 is 4.79 Å². The van der Waals surface area contributed by atoms with Gasteiger partial charge < -0.3 is 5.32 Å². The first-order valence-electron chi connectivity index (χ1n) is 8.34. The Morgan fingerprint density at radius 1 is 1.19 bits per heavy atom. The van der Waals surface area contributed by atoms with Crippen LogP contribution in [0.4, 0.5) is 10.8 Å². The predicted octanol–water partition coefficient (Wildman–Crippen LogP) is 5.33. The Labute approximate surface area is 162 Å². The number of thiazole rings is 1. The molecule has 0 unspecified atom stereocenters. The van der Waals surface area contributed by atoms with E-state index >= 15 is 0 Å². The first kappa shape index (κ1) is 18.6. The van der Waals surface area contributed by atoms with Crippen LogP contribution in [0.2, 0.25) is 5.02 Å². The van der Waals surface area contributed by atoms with Crippen molar-refractivity contribution in [2.75, 3.05) is 4.90 Å². The Morgan fingerprint density at radius 2 is 1.88 bits per heavy atom. The number of rotatable bonds is 6. The van der Waals surface area contributed by atoms with Crippen LogP contribution in [0.25, 0.3) is 0 Å². The first-order valence-corrected chi connectivity index (χ1v) is 9.60. The van der Waals surface area contributed by atoms with Crippen LogP contribution in [0.5, 0.6) is 0 Å². The summed E-state index contributed by atoms with van der Waals surface area (Å²) in [4.78, 5) is 18.4. The molecule has 26 heavy (non-hydrogen) atoms. The molecule has 1 atom stereocenters. The van der Waals surface area contributed by atoms with E-state index in [4.69, 9.17) is 11.6 Å². The van der Waals surface area contributed by atoms with Crippen LogP contribution < -0.4 is 10.2 Å². The predicted molar refractivity (Wildman–Crippen MR) is 108 cm³/mol. The van der Waals surface area contributed by atoms with Crippen molar-refractivity contribution >= 4 is 39.7 Å². The van der Waals surface area contributed by atoms with E-state index in [1.54, 1.807) is 11.8 Å². The molecule has 4 nitrogen and oxygen atoms in total. The standard InChI is InChI=1S/C20H20ClN3OS/c1-14(18-10-6-7-11-19(18)21)22-12-16-13-26-20(23-16)24(15(2)25)17-8-4-3-5-9-17/h3-11,13-14,22H,12H2,1-2H3/t14-/m1/s1. The quantitative estimate of drug-likeness (QED) is 0.623. The number of halogens is 1. The van der Waals surface area contributed by atoms with Crippen LogP contribution in [0.1, 0.15) is 31.1 Å². The number of para-hydroxylation sites is 1. The minimum atomic E-state index is -0.0607. The Morgan fingerprint density at radius 3 is 2.58 bits per heavy atom. The van der Waals surface area contributed by atoms with Gasteiger partial charge in [0.25, 0.3) is 0 Å². The Hall–Kier alpha value is -2.21.